The summed E-state index contributed by atoms with van der Waals surface area (Å²) in [4.78, 5) is 23.1. The van der Waals surface area contributed by atoms with Gasteiger partial charge in [-0.1, -0.05) is 26.0 Å². The van der Waals surface area contributed by atoms with Gasteiger partial charge in [0.15, 0.2) is 0 Å². The maximum absolute atomic E-state index is 13.0. The molecular formula is C17H24FNO4. The lowest BCUT2D eigenvalue weighted by molar-refractivity contribution is -0.138. The molecule has 0 fully saturated rings. The summed E-state index contributed by atoms with van der Waals surface area (Å²) in [5.41, 5.74) is 0.538. The number of carboxylic acid groups (broad SMARTS) is 1. The van der Waals surface area contributed by atoms with E-state index in [2.05, 4.69) is 19.2 Å². The Labute approximate surface area is 135 Å². The highest BCUT2D eigenvalue weighted by Crippen LogP contribution is 2.18. The maximum Gasteiger partial charge on any atom is 0.305 e. The SMILES string of the molecule is CC(C)CCOC(C)C(=O)NC(CC(=O)O)c1ccc(F)cc1. The van der Waals surface area contributed by atoms with E-state index in [1.54, 1.807) is 6.92 Å². The maximum atomic E-state index is 13.0. The first-order valence-corrected chi connectivity index (χ1v) is 7.68. The minimum atomic E-state index is -1.05. The molecule has 1 amide bonds. The molecule has 0 aromatic heterocycles. The first kappa shape index (κ1) is 19.1. The summed E-state index contributed by atoms with van der Waals surface area (Å²) in [5.74, 6) is -1.37. The second kappa shape index (κ2) is 9.25. The van der Waals surface area contributed by atoms with E-state index in [0.717, 1.165) is 6.42 Å². The summed E-state index contributed by atoms with van der Waals surface area (Å²) in [7, 11) is 0. The van der Waals surface area contributed by atoms with Crippen molar-refractivity contribution in [2.24, 2.45) is 5.92 Å². The molecule has 1 aromatic rings. The van der Waals surface area contributed by atoms with Gasteiger partial charge in [-0.25, -0.2) is 4.39 Å². The highest BCUT2D eigenvalue weighted by molar-refractivity contribution is 5.81. The molecule has 128 valence electrons. The fourth-order valence-corrected chi connectivity index (χ4v) is 1.97. The number of hydrogen-bond donors (Lipinski definition) is 2. The largest absolute Gasteiger partial charge is 0.481 e. The quantitative estimate of drug-likeness (QED) is 0.732. The van der Waals surface area contributed by atoms with Crippen LogP contribution in [0.25, 0.3) is 0 Å². The fourth-order valence-electron chi connectivity index (χ4n) is 1.97. The van der Waals surface area contributed by atoms with Crippen LogP contribution in [0.1, 0.15) is 45.2 Å². The summed E-state index contributed by atoms with van der Waals surface area (Å²) >= 11 is 0. The molecule has 5 nitrogen and oxygen atoms in total. The third-order valence-corrected chi connectivity index (χ3v) is 3.40. The van der Waals surface area contributed by atoms with Crippen molar-refractivity contribution in [3.05, 3.63) is 35.6 Å². The molecule has 0 heterocycles. The molecule has 1 aromatic carbocycles. The van der Waals surface area contributed by atoms with Crippen LogP contribution < -0.4 is 5.32 Å². The Morgan fingerprint density at radius 1 is 1.22 bits per heavy atom. The molecule has 0 aliphatic carbocycles. The summed E-state index contributed by atoms with van der Waals surface area (Å²) in [6, 6.07) is 4.68. The number of rotatable bonds is 9. The van der Waals surface area contributed by atoms with Crippen LogP contribution in [0.2, 0.25) is 0 Å². The number of ether oxygens (including phenoxy) is 1. The molecular weight excluding hydrogens is 301 g/mol. The topological polar surface area (TPSA) is 75.6 Å². The van der Waals surface area contributed by atoms with E-state index in [1.807, 2.05) is 0 Å². The van der Waals surface area contributed by atoms with Crippen LogP contribution in [-0.4, -0.2) is 29.7 Å². The zero-order valence-corrected chi connectivity index (χ0v) is 13.7. The van der Waals surface area contributed by atoms with E-state index in [4.69, 9.17) is 9.84 Å². The molecule has 1 rings (SSSR count). The van der Waals surface area contributed by atoms with Gasteiger partial charge in [0, 0.05) is 6.61 Å². The van der Waals surface area contributed by atoms with Gasteiger partial charge in [-0.3, -0.25) is 9.59 Å². The Balaban J connectivity index is 2.67. The molecule has 0 aliphatic rings. The number of halogens is 1. The number of hydrogen-bond acceptors (Lipinski definition) is 3. The summed E-state index contributed by atoms with van der Waals surface area (Å²) in [6.07, 6.45) is -0.116. The number of amides is 1. The van der Waals surface area contributed by atoms with E-state index in [-0.39, 0.29) is 12.3 Å². The van der Waals surface area contributed by atoms with Crippen LogP contribution in [-0.2, 0) is 14.3 Å². The van der Waals surface area contributed by atoms with Crippen LogP contribution >= 0.6 is 0 Å². The van der Waals surface area contributed by atoms with Gasteiger partial charge in [0.05, 0.1) is 12.5 Å². The first-order valence-electron chi connectivity index (χ1n) is 7.68. The molecule has 0 aliphatic heterocycles. The number of aliphatic carboxylic acids is 1. The Morgan fingerprint density at radius 2 is 1.83 bits per heavy atom. The predicted molar refractivity (Wildman–Crippen MR) is 84.4 cm³/mol. The Hall–Kier alpha value is -1.95. The van der Waals surface area contributed by atoms with Crippen molar-refractivity contribution in [3.8, 4) is 0 Å². The number of carboxylic acids is 1. The number of nitrogens with one attached hydrogen (secondary N) is 1. The first-order chi connectivity index (χ1) is 10.8. The monoisotopic (exact) mass is 325 g/mol. The third-order valence-electron chi connectivity index (χ3n) is 3.40. The molecule has 2 unspecified atom stereocenters. The van der Waals surface area contributed by atoms with Crippen LogP contribution in [0, 0.1) is 11.7 Å². The van der Waals surface area contributed by atoms with E-state index in [9.17, 15) is 14.0 Å². The van der Waals surface area contributed by atoms with Crippen LogP contribution in [0.5, 0.6) is 0 Å². The summed E-state index contributed by atoms with van der Waals surface area (Å²) < 4.78 is 18.4. The molecule has 0 saturated heterocycles. The lowest BCUT2D eigenvalue weighted by Crippen LogP contribution is -2.38. The normalized spacial score (nSPS) is 13.6. The number of carbonyl (C=O) groups excluding carboxylic acids is 1. The van der Waals surface area contributed by atoms with E-state index in [1.165, 1.54) is 24.3 Å². The van der Waals surface area contributed by atoms with Gasteiger partial charge in [-0.05, 0) is 37.0 Å². The van der Waals surface area contributed by atoms with E-state index >= 15 is 0 Å². The highest BCUT2D eigenvalue weighted by Gasteiger charge is 2.21. The second-order valence-electron chi connectivity index (χ2n) is 5.91. The Morgan fingerprint density at radius 3 is 2.35 bits per heavy atom. The van der Waals surface area contributed by atoms with Crippen molar-refractivity contribution >= 4 is 11.9 Å². The molecule has 0 bridgehead atoms. The minimum absolute atomic E-state index is 0.282. The average Bonchev–Trinajstić information content (AvgIpc) is 2.46. The van der Waals surface area contributed by atoms with Crippen molar-refractivity contribution in [1.29, 1.82) is 0 Å². The zero-order chi connectivity index (χ0) is 17.4. The third kappa shape index (κ3) is 7.23. The molecule has 2 N–H and O–H groups in total. The smallest absolute Gasteiger partial charge is 0.305 e. The Bertz CT molecular complexity index is 516. The molecule has 0 radical (unpaired) electrons. The molecule has 23 heavy (non-hydrogen) atoms. The van der Waals surface area contributed by atoms with Gasteiger partial charge in [0.1, 0.15) is 11.9 Å². The van der Waals surface area contributed by atoms with Crippen molar-refractivity contribution < 1.29 is 23.8 Å². The van der Waals surface area contributed by atoms with Crippen molar-refractivity contribution in [3.63, 3.8) is 0 Å². The minimum Gasteiger partial charge on any atom is -0.481 e. The number of carbonyl (C=O) groups is 2. The summed E-state index contributed by atoms with van der Waals surface area (Å²) in [6.45, 7) is 6.21. The van der Waals surface area contributed by atoms with Crippen molar-refractivity contribution in [2.45, 2.75) is 45.8 Å². The average molecular weight is 325 g/mol. The van der Waals surface area contributed by atoms with Crippen LogP contribution in [0.15, 0.2) is 24.3 Å². The Kier molecular flexibility index (Phi) is 7.68. The van der Waals surface area contributed by atoms with Crippen molar-refractivity contribution in [2.75, 3.05) is 6.61 Å². The molecule has 0 saturated carbocycles. The molecule has 2 atom stereocenters. The molecule has 6 heteroatoms. The fraction of sp³-hybridized carbons (Fsp3) is 0.529. The number of benzene rings is 1. The van der Waals surface area contributed by atoms with E-state index < -0.39 is 23.9 Å². The standard InChI is InChI=1S/C17H24FNO4/c1-11(2)8-9-23-12(3)17(22)19-15(10-16(20)21)13-4-6-14(18)7-5-13/h4-7,11-12,15H,8-10H2,1-3H3,(H,19,22)(H,20,21). The van der Waals surface area contributed by atoms with Crippen molar-refractivity contribution in [1.82, 2.24) is 5.32 Å². The summed E-state index contributed by atoms with van der Waals surface area (Å²) in [5, 5.41) is 11.7. The van der Waals surface area contributed by atoms with Gasteiger partial charge < -0.3 is 15.2 Å². The van der Waals surface area contributed by atoms with E-state index in [0.29, 0.717) is 18.1 Å². The zero-order valence-electron chi connectivity index (χ0n) is 13.7. The second-order valence-corrected chi connectivity index (χ2v) is 5.91. The van der Waals surface area contributed by atoms with Gasteiger partial charge in [0.25, 0.3) is 0 Å². The highest BCUT2D eigenvalue weighted by atomic mass is 19.1. The molecule has 0 spiro atoms. The lowest BCUT2D eigenvalue weighted by atomic mass is 10.0. The van der Waals surface area contributed by atoms with Gasteiger partial charge in [-0.15, -0.1) is 0 Å². The van der Waals surface area contributed by atoms with Crippen LogP contribution in [0.4, 0.5) is 4.39 Å². The van der Waals surface area contributed by atoms with Gasteiger partial charge in [0.2, 0.25) is 5.91 Å². The van der Waals surface area contributed by atoms with Gasteiger partial charge >= 0.3 is 5.97 Å². The van der Waals surface area contributed by atoms with Crippen LogP contribution in [0.3, 0.4) is 0 Å². The van der Waals surface area contributed by atoms with Gasteiger partial charge in [-0.2, -0.15) is 0 Å². The predicted octanol–water partition coefficient (Wildman–Crippen LogP) is 2.91. The lowest BCUT2D eigenvalue weighted by Gasteiger charge is -2.20.